The average Bonchev–Trinajstić information content (AvgIpc) is 2.55. The highest BCUT2D eigenvalue weighted by Crippen LogP contribution is 2.23. The van der Waals surface area contributed by atoms with Gasteiger partial charge in [0.2, 0.25) is 0 Å². The lowest BCUT2D eigenvalue weighted by atomic mass is 9.99. The summed E-state index contributed by atoms with van der Waals surface area (Å²) in [4.78, 5) is 0. The van der Waals surface area contributed by atoms with Crippen LogP contribution in [0.2, 0.25) is 0 Å². The molecule has 0 aliphatic carbocycles. The van der Waals surface area contributed by atoms with Gasteiger partial charge in [-0.05, 0) is 17.5 Å². The average molecular weight is 283 g/mol. The zero-order valence-electron chi connectivity index (χ0n) is 13.0. The molecule has 0 aliphatic rings. The smallest absolute Gasteiger partial charge is 0.0657 e. The lowest BCUT2D eigenvalue weighted by Gasteiger charge is -2.26. The third-order valence-electron chi connectivity index (χ3n) is 3.72. The Kier molecular flexibility index (Phi) is 6.45. The number of ether oxygens (including phenoxy) is 1. The second kappa shape index (κ2) is 8.60. The number of hydrogen-bond donors (Lipinski definition) is 1. The molecule has 21 heavy (non-hydrogen) atoms. The Hall–Kier alpha value is -1.64. The van der Waals surface area contributed by atoms with Gasteiger partial charge in [0.1, 0.15) is 0 Å². The molecule has 0 saturated heterocycles. The molecule has 0 amide bonds. The minimum Gasteiger partial charge on any atom is -0.383 e. The van der Waals surface area contributed by atoms with Gasteiger partial charge in [-0.3, -0.25) is 0 Å². The van der Waals surface area contributed by atoms with Crippen molar-refractivity contribution in [3.05, 3.63) is 71.8 Å². The molecule has 2 unspecified atom stereocenters. The topological polar surface area (TPSA) is 21.3 Å². The van der Waals surface area contributed by atoms with E-state index in [9.17, 15) is 0 Å². The van der Waals surface area contributed by atoms with Crippen LogP contribution in [-0.4, -0.2) is 13.7 Å². The molecule has 0 spiro atoms. The third-order valence-corrected chi connectivity index (χ3v) is 3.72. The van der Waals surface area contributed by atoms with Crippen molar-refractivity contribution in [3.8, 4) is 0 Å². The maximum Gasteiger partial charge on any atom is 0.0657 e. The van der Waals surface area contributed by atoms with E-state index in [-0.39, 0.29) is 6.04 Å². The first-order valence-electron chi connectivity index (χ1n) is 7.70. The molecule has 0 radical (unpaired) electrons. The number of methoxy groups -OCH3 is 1. The van der Waals surface area contributed by atoms with E-state index in [4.69, 9.17) is 4.74 Å². The van der Waals surface area contributed by atoms with Gasteiger partial charge in [0.15, 0.2) is 0 Å². The summed E-state index contributed by atoms with van der Waals surface area (Å²) in [5.74, 6) is 0. The summed E-state index contributed by atoms with van der Waals surface area (Å²) in [6.45, 7) is 2.91. The Morgan fingerprint density at radius 3 is 1.86 bits per heavy atom. The van der Waals surface area contributed by atoms with Crippen LogP contribution in [0.4, 0.5) is 0 Å². The Bertz CT molecular complexity index is 450. The Balaban J connectivity index is 2.16. The van der Waals surface area contributed by atoms with E-state index >= 15 is 0 Å². The molecule has 0 fully saturated rings. The second-order valence-electron chi connectivity index (χ2n) is 5.34. The van der Waals surface area contributed by atoms with Crippen molar-refractivity contribution in [1.82, 2.24) is 5.32 Å². The third kappa shape index (κ3) is 4.69. The number of benzene rings is 2. The highest BCUT2D eigenvalue weighted by Gasteiger charge is 2.17. The van der Waals surface area contributed by atoms with Gasteiger partial charge in [-0.1, -0.05) is 74.0 Å². The summed E-state index contributed by atoms with van der Waals surface area (Å²) in [7, 11) is 1.76. The van der Waals surface area contributed by atoms with Crippen molar-refractivity contribution < 1.29 is 4.74 Å². The van der Waals surface area contributed by atoms with Gasteiger partial charge in [0.05, 0.1) is 12.6 Å². The summed E-state index contributed by atoms with van der Waals surface area (Å²) in [5, 5.41) is 3.76. The number of hydrogen-bond acceptors (Lipinski definition) is 2. The summed E-state index contributed by atoms with van der Waals surface area (Å²) in [6, 6.07) is 21.8. The largest absolute Gasteiger partial charge is 0.383 e. The summed E-state index contributed by atoms with van der Waals surface area (Å²) < 4.78 is 5.41. The highest BCUT2D eigenvalue weighted by molar-refractivity contribution is 5.22. The predicted molar refractivity (Wildman–Crippen MR) is 88.3 cm³/mol. The maximum atomic E-state index is 5.41. The van der Waals surface area contributed by atoms with Gasteiger partial charge in [-0.25, -0.2) is 0 Å². The SMILES string of the molecule is CCCC(NC(COC)c1ccccc1)c1ccccc1. The Labute approximate surface area is 128 Å². The number of nitrogens with one attached hydrogen (secondary N) is 1. The Morgan fingerprint density at radius 2 is 1.38 bits per heavy atom. The van der Waals surface area contributed by atoms with Gasteiger partial charge in [-0.15, -0.1) is 0 Å². The molecule has 2 heteroatoms. The van der Waals surface area contributed by atoms with Crippen molar-refractivity contribution in [3.63, 3.8) is 0 Å². The first-order valence-corrected chi connectivity index (χ1v) is 7.70. The molecule has 2 atom stereocenters. The van der Waals surface area contributed by atoms with Gasteiger partial charge in [-0.2, -0.15) is 0 Å². The quantitative estimate of drug-likeness (QED) is 0.770. The van der Waals surface area contributed by atoms with E-state index in [0.717, 1.165) is 12.8 Å². The van der Waals surface area contributed by atoms with Crippen molar-refractivity contribution >= 4 is 0 Å². The molecular formula is C19H25NO. The minimum atomic E-state index is 0.216. The molecule has 2 rings (SSSR count). The number of rotatable bonds is 8. The van der Waals surface area contributed by atoms with Crippen LogP contribution in [0.1, 0.15) is 43.0 Å². The molecule has 112 valence electrons. The van der Waals surface area contributed by atoms with Crippen LogP contribution in [0, 0.1) is 0 Å². The lowest BCUT2D eigenvalue weighted by molar-refractivity contribution is 0.159. The van der Waals surface area contributed by atoms with Crippen LogP contribution in [0.5, 0.6) is 0 Å². The van der Waals surface area contributed by atoms with Crippen LogP contribution in [0.3, 0.4) is 0 Å². The first kappa shape index (κ1) is 15.7. The highest BCUT2D eigenvalue weighted by atomic mass is 16.5. The van der Waals surface area contributed by atoms with E-state index in [2.05, 4.69) is 66.8 Å². The fourth-order valence-electron chi connectivity index (χ4n) is 2.66. The van der Waals surface area contributed by atoms with Crippen LogP contribution in [0.25, 0.3) is 0 Å². The van der Waals surface area contributed by atoms with Crippen LogP contribution < -0.4 is 5.32 Å². The van der Waals surface area contributed by atoms with E-state index < -0.39 is 0 Å². The molecule has 2 nitrogen and oxygen atoms in total. The summed E-state index contributed by atoms with van der Waals surface area (Å²) in [6.07, 6.45) is 2.28. The normalized spacial score (nSPS) is 13.8. The van der Waals surface area contributed by atoms with Crippen LogP contribution in [0.15, 0.2) is 60.7 Å². The van der Waals surface area contributed by atoms with Crippen LogP contribution in [-0.2, 0) is 4.74 Å². The molecule has 2 aromatic carbocycles. The Morgan fingerprint density at radius 1 is 0.857 bits per heavy atom. The molecule has 0 heterocycles. The fourth-order valence-corrected chi connectivity index (χ4v) is 2.66. The molecule has 1 N–H and O–H groups in total. The monoisotopic (exact) mass is 283 g/mol. The molecule has 0 aromatic heterocycles. The standard InChI is InChI=1S/C19H25NO/c1-3-10-18(16-11-6-4-7-12-16)20-19(15-21-2)17-13-8-5-9-14-17/h4-9,11-14,18-20H,3,10,15H2,1-2H3. The van der Waals surface area contributed by atoms with Gasteiger partial charge >= 0.3 is 0 Å². The lowest BCUT2D eigenvalue weighted by Crippen LogP contribution is -2.29. The molecule has 0 aliphatic heterocycles. The van der Waals surface area contributed by atoms with Gasteiger partial charge in [0, 0.05) is 13.2 Å². The van der Waals surface area contributed by atoms with E-state index in [0.29, 0.717) is 12.6 Å². The van der Waals surface area contributed by atoms with Crippen molar-refractivity contribution in [1.29, 1.82) is 0 Å². The molecule has 0 bridgehead atoms. The minimum absolute atomic E-state index is 0.216. The van der Waals surface area contributed by atoms with Crippen LogP contribution >= 0.6 is 0 Å². The first-order chi connectivity index (χ1) is 10.3. The fraction of sp³-hybridized carbons (Fsp3) is 0.368. The van der Waals surface area contributed by atoms with E-state index in [1.165, 1.54) is 11.1 Å². The van der Waals surface area contributed by atoms with Crippen molar-refractivity contribution in [2.24, 2.45) is 0 Å². The second-order valence-corrected chi connectivity index (χ2v) is 5.34. The van der Waals surface area contributed by atoms with E-state index in [1.807, 2.05) is 6.07 Å². The zero-order valence-corrected chi connectivity index (χ0v) is 13.0. The van der Waals surface area contributed by atoms with Crippen molar-refractivity contribution in [2.45, 2.75) is 31.8 Å². The zero-order chi connectivity index (χ0) is 14.9. The molecule has 0 saturated carbocycles. The predicted octanol–water partition coefficient (Wildman–Crippen LogP) is 4.51. The maximum absolute atomic E-state index is 5.41. The molecule has 2 aromatic rings. The van der Waals surface area contributed by atoms with Gasteiger partial charge in [0.25, 0.3) is 0 Å². The molecular weight excluding hydrogens is 258 g/mol. The summed E-state index contributed by atoms with van der Waals surface area (Å²) in [5.41, 5.74) is 2.62. The summed E-state index contributed by atoms with van der Waals surface area (Å²) >= 11 is 0. The van der Waals surface area contributed by atoms with Gasteiger partial charge < -0.3 is 10.1 Å². The van der Waals surface area contributed by atoms with E-state index in [1.54, 1.807) is 7.11 Å². The van der Waals surface area contributed by atoms with Crippen molar-refractivity contribution in [2.75, 3.05) is 13.7 Å².